The van der Waals surface area contributed by atoms with E-state index < -0.39 is 0 Å². The second-order valence-corrected chi connectivity index (χ2v) is 9.55. The molecule has 0 unspecified atom stereocenters. The summed E-state index contributed by atoms with van der Waals surface area (Å²) in [5.74, 6) is 1.44. The molecule has 0 aliphatic carbocycles. The molecule has 0 atom stereocenters. The van der Waals surface area contributed by atoms with Crippen LogP contribution in [0.5, 0.6) is 5.88 Å². The molecule has 0 saturated heterocycles. The zero-order valence-corrected chi connectivity index (χ0v) is 20.5. The third-order valence-corrected chi connectivity index (χ3v) is 7.57. The van der Waals surface area contributed by atoms with Crippen LogP contribution in [0.25, 0.3) is 22.3 Å². The van der Waals surface area contributed by atoms with Crippen molar-refractivity contribution in [2.75, 3.05) is 13.7 Å². The minimum Gasteiger partial charge on any atom is -0.481 e. The normalized spacial score (nSPS) is 14.0. The number of nitrogens with zero attached hydrogens (tertiary/aromatic N) is 4. The number of aryl methyl sites for hydroxylation is 1. The SMILES string of the molecule is COc1nc(-c2cccc3c2c(C)cn3SI)nc2c1CN(Cc1ccccc1)CC2. The van der Waals surface area contributed by atoms with Crippen molar-refractivity contribution in [3.63, 3.8) is 0 Å². The molecule has 0 fully saturated rings. The molecule has 0 radical (unpaired) electrons. The average molecular weight is 542 g/mol. The summed E-state index contributed by atoms with van der Waals surface area (Å²) in [6.45, 7) is 4.85. The Hall–Kier alpha value is -2.10. The molecular formula is C24H23IN4OS. The van der Waals surface area contributed by atoms with E-state index in [2.05, 4.69) is 91.7 Å². The molecule has 1 aliphatic rings. The quantitative estimate of drug-likeness (QED) is 0.298. The molecular weight excluding hydrogens is 519 g/mol. The van der Waals surface area contributed by atoms with Crippen molar-refractivity contribution in [3.05, 3.63) is 77.1 Å². The first-order valence-corrected chi connectivity index (χ1v) is 13.6. The molecule has 0 N–H and O–H groups in total. The van der Waals surface area contributed by atoms with Gasteiger partial charge in [0.15, 0.2) is 5.82 Å². The van der Waals surface area contributed by atoms with Gasteiger partial charge in [0.05, 0.1) is 18.3 Å². The summed E-state index contributed by atoms with van der Waals surface area (Å²) < 4.78 is 7.94. The fourth-order valence-electron chi connectivity index (χ4n) is 4.40. The molecule has 2 aromatic heterocycles. The van der Waals surface area contributed by atoms with Gasteiger partial charge in [0, 0.05) is 79.1 Å². The Morgan fingerprint density at radius 1 is 1.10 bits per heavy atom. The van der Waals surface area contributed by atoms with Gasteiger partial charge < -0.3 is 4.74 Å². The second kappa shape index (κ2) is 8.80. The minimum absolute atomic E-state index is 0.690. The van der Waals surface area contributed by atoms with E-state index in [-0.39, 0.29) is 0 Å². The van der Waals surface area contributed by atoms with E-state index in [4.69, 9.17) is 14.7 Å². The Morgan fingerprint density at radius 3 is 2.71 bits per heavy atom. The smallest absolute Gasteiger partial charge is 0.221 e. The maximum atomic E-state index is 5.75. The first kappa shape index (κ1) is 20.8. The van der Waals surface area contributed by atoms with Crippen molar-refractivity contribution in [3.8, 4) is 17.3 Å². The zero-order valence-electron chi connectivity index (χ0n) is 17.5. The van der Waals surface area contributed by atoms with Crippen LogP contribution in [0.4, 0.5) is 0 Å². The molecule has 4 aromatic rings. The van der Waals surface area contributed by atoms with Gasteiger partial charge in [-0.25, -0.2) is 4.98 Å². The molecule has 5 nitrogen and oxygen atoms in total. The van der Waals surface area contributed by atoms with E-state index in [1.165, 1.54) is 22.0 Å². The van der Waals surface area contributed by atoms with Crippen LogP contribution in [0.15, 0.2) is 54.7 Å². The highest BCUT2D eigenvalue weighted by Crippen LogP contribution is 2.36. The number of benzene rings is 2. The number of fused-ring (bicyclic) bond motifs is 2. The van der Waals surface area contributed by atoms with E-state index in [0.29, 0.717) is 5.88 Å². The van der Waals surface area contributed by atoms with Crippen molar-refractivity contribution in [2.24, 2.45) is 0 Å². The Labute approximate surface area is 198 Å². The summed E-state index contributed by atoms with van der Waals surface area (Å²) in [4.78, 5) is 12.3. The van der Waals surface area contributed by atoms with Crippen molar-refractivity contribution < 1.29 is 4.74 Å². The summed E-state index contributed by atoms with van der Waals surface area (Å²) in [7, 11) is 3.38. The van der Waals surface area contributed by atoms with Crippen molar-refractivity contribution in [1.82, 2.24) is 18.8 Å². The Bertz CT molecular complexity index is 1220. The van der Waals surface area contributed by atoms with E-state index in [1.807, 2.05) is 0 Å². The molecule has 0 amide bonds. The van der Waals surface area contributed by atoms with Gasteiger partial charge in [0.25, 0.3) is 0 Å². The number of hydrogen-bond acceptors (Lipinski definition) is 5. The van der Waals surface area contributed by atoms with Crippen LogP contribution in [0.2, 0.25) is 0 Å². The maximum Gasteiger partial charge on any atom is 0.221 e. The number of methoxy groups -OCH3 is 1. The summed E-state index contributed by atoms with van der Waals surface area (Å²) in [6.07, 6.45) is 3.07. The third-order valence-electron chi connectivity index (χ3n) is 5.84. The van der Waals surface area contributed by atoms with Crippen LogP contribution in [-0.2, 0) is 19.5 Å². The number of halogens is 1. The maximum absolute atomic E-state index is 5.75. The predicted octanol–water partition coefficient (Wildman–Crippen LogP) is 5.82. The average Bonchev–Trinajstić information content (AvgIpc) is 3.15. The summed E-state index contributed by atoms with van der Waals surface area (Å²) in [5, 5.41) is 1.20. The Kier molecular flexibility index (Phi) is 5.90. The minimum atomic E-state index is 0.690. The highest BCUT2D eigenvalue weighted by Gasteiger charge is 2.24. The molecule has 5 rings (SSSR count). The van der Waals surface area contributed by atoms with Gasteiger partial charge in [0.2, 0.25) is 5.88 Å². The van der Waals surface area contributed by atoms with E-state index in [1.54, 1.807) is 16.2 Å². The molecule has 2 aromatic carbocycles. The molecule has 0 spiro atoms. The van der Waals surface area contributed by atoms with Crippen LogP contribution in [-0.4, -0.2) is 32.5 Å². The lowest BCUT2D eigenvalue weighted by Crippen LogP contribution is -2.31. The first-order chi connectivity index (χ1) is 15.2. The summed E-state index contributed by atoms with van der Waals surface area (Å²) in [6, 6.07) is 16.9. The third kappa shape index (κ3) is 3.94. The zero-order chi connectivity index (χ0) is 21.4. The molecule has 31 heavy (non-hydrogen) atoms. The molecule has 7 heteroatoms. The highest BCUT2D eigenvalue weighted by atomic mass is 127. The van der Waals surface area contributed by atoms with Crippen molar-refractivity contribution in [1.29, 1.82) is 0 Å². The number of aromatic nitrogens is 3. The molecule has 0 bridgehead atoms. The fourth-order valence-corrected chi connectivity index (χ4v) is 5.80. The lowest BCUT2D eigenvalue weighted by molar-refractivity contribution is 0.236. The van der Waals surface area contributed by atoms with Crippen molar-refractivity contribution in [2.45, 2.75) is 26.4 Å². The lowest BCUT2D eigenvalue weighted by Gasteiger charge is -2.29. The molecule has 158 valence electrons. The summed E-state index contributed by atoms with van der Waals surface area (Å²) >= 11 is 2.31. The molecule has 0 saturated carbocycles. The van der Waals surface area contributed by atoms with Gasteiger partial charge in [-0.3, -0.25) is 8.87 Å². The van der Waals surface area contributed by atoms with E-state index in [0.717, 1.165) is 48.7 Å². The van der Waals surface area contributed by atoms with Crippen LogP contribution in [0.1, 0.15) is 22.4 Å². The Morgan fingerprint density at radius 2 is 1.94 bits per heavy atom. The lowest BCUT2D eigenvalue weighted by atomic mass is 10.0. The van der Waals surface area contributed by atoms with Crippen LogP contribution >= 0.6 is 30.3 Å². The Balaban J connectivity index is 1.53. The van der Waals surface area contributed by atoms with E-state index in [9.17, 15) is 0 Å². The second-order valence-electron chi connectivity index (χ2n) is 7.83. The van der Waals surface area contributed by atoms with Gasteiger partial charge in [-0.05, 0) is 24.1 Å². The fraction of sp³-hybridized carbons (Fsp3) is 0.250. The highest BCUT2D eigenvalue weighted by molar-refractivity contribution is 14.2. The standard InChI is InChI=1S/C24H23IN4OS/c1-16-13-29(31-25)21-10-6-9-18(22(16)21)23-26-20-11-12-28(14-17-7-4-3-5-8-17)15-19(20)24(27-23)30-2/h3-10,13H,11-12,14-15H2,1-2H3. The number of rotatable bonds is 5. The van der Waals surface area contributed by atoms with Gasteiger partial charge in [0.1, 0.15) is 0 Å². The molecule has 1 aliphatic heterocycles. The monoisotopic (exact) mass is 542 g/mol. The van der Waals surface area contributed by atoms with Crippen LogP contribution in [0, 0.1) is 6.92 Å². The number of hydrogen-bond donors (Lipinski definition) is 0. The molecule has 3 heterocycles. The van der Waals surface area contributed by atoms with Gasteiger partial charge in [-0.1, -0.05) is 42.5 Å². The van der Waals surface area contributed by atoms with Gasteiger partial charge in [-0.15, -0.1) is 0 Å². The topological polar surface area (TPSA) is 43.2 Å². The number of ether oxygens (including phenoxy) is 1. The first-order valence-electron chi connectivity index (χ1n) is 10.3. The van der Waals surface area contributed by atoms with Crippen LogP contribution < -0.4 is 4.74 Å². The van der Waals surface area contributed by atoms with E-state index >= 15 is 0 Å². The van der Waals surface area contributed by atoms with Crippen LogP contribution in [0.3, 0.4) is 0 Å². The van der Waals surface area contributed by atoms with Gasteiger partial charge in [-0.2, -0.15) is 4.98 Å². The largest absolute Gasteiger partial charge is 0.481 e. The predicted molar refractivity (Wildman–Crippen MR) is 136 cm³/mol. The summed E-state index contributed by atoms with van der Waals surface area (Å²) in [5.41, 5.74) is 7.00. The van der Waals surface area contributed by atoms with Gasteiger partial charge >= 0.3 is 0 Å². The van der Waals surface area contributed by atoms with Crippen molar-refractivity contribution >= 4 is 41.2 Å².